The smallest absolute Gasteiger partial charge is 0.141 e. The fourth-order valence-electron chi connectivity index (χ4n) is 1.60. The van der Waals surface area contributed by atoms with Crippen molar-refractivity contribution in [3.05, 3.63) is 21.1 Å². The maximum atomic E-state index is 6.03. The third kappa shape index (κ3) is 1.24. The van der Waals surface area contributed by atoms with E-state index in [0.29, 0.717) is 11.2 Å². The SMILES string of the molecule is Clc1nccc2c1c(I)nn2C1CC1. The van der Waals surface area contributed by atoms with Crippen LogP contribution in [0.4, 0.5) is 0 Å². The fourth-order valence-corrected chi connectivity index (χ4v) is 2.77. The molecule has 2 heterocycles. The number of nitrogens with zero attached hydrogens (tertiary/aromatic N) is 3. The molecule has 3 nitrogen and oxygen atoms in total. The van der Waals surface area contributed by atoms with Crippen molar-refractivity contribution in [2.75, 3.05) is 0 Å². The van der Waals surface area contributed by atoms with E-state index in [4.69, 9.17) is 11.6 Å². The fraction of sp³-hybridized carbons (Fsp3) is 0.333. The summed E-state index contributed by atoms with van der Waals surface area (Å²) in [4.78, 5) is 4.07. The third-order valence-electron chi connectivity index (χ3n) is 2.42. The minimum absolute atomic E-state index is 0.554. The van der Waals surface area contributed by atoms with Crippen molar-refractivity contribution in [3.8, 4) is 0 Å². The average molecular weight is 320 g/mol. The molecule has 0 bridgehead atoms. The average Bonchev–Trinajstić information content (AvgIpc) is 2.93. The summed E-state index contributed by atoms with van der Waals surface area (Å²) >= 11 is 8.24. The van der Waals surface area contributed by atoms with Crippen molar-refractivity contribution in [3.63, 3.8) is 0 Å². The minimum atomic E-state index is 0.554. The van der Waals surface area contributed by atoms with Gasteiger partial charge in [0.2, 0.25) is 0 Å². The first-order valence-corrected chi connectivity index (χ1v) is 5.91. The molecule has 0 N–H and O–H groups in total. The van der Waals surface area contributed by atoms with E-state index in [2.05, 4.69) is 37.4 Å². The Bertz CT molecular complexity index is 504. The van der Waals surface area contributed by atoms with Crippen LogP contribution in [0.1, 0.15) is 18.9 Å². The van der Waals surface area contributed by atoms with Gasteiger partial charge < -0.3 is 0 Å². The second kappa shape index (κ2) is 3.06. The van der Waals surface area contributed by atoms with Gasteiger partial charge in [0.25, 0.3) is 0 Å². The highest BCUT2D eigenvalue weighted by atomic mass is 127. The van der Waals surface area contributed by atoms with Crippen LogP contribution in [0.2, 0.25) is 5.15 Å². The number of halogens is 2. The highest BCUT2D eigenvalue weighted by Gasteiger charge is 2.27. The number of hydrogen-bond donors (Lipinski definition) is 0. The monoisotopic (exact) mass is 319 g/mol. The highest BCUT2D eigenvalue weighted by molar-refractivity contribution is 14.1. The van der Waals surface area contributed by atoms with Crippen LogP contribution < -0.4 is 0 Å². The molecule has 2 aromatic rings. The molecule has 1 fully saturated rings. The van der Waals surface area contributed by atoms with Crippen LogP contribution in [-0.2, 0) is 0 Å². The molecule has 0 saturated heterocycles. The summed E-state index contributed by atoms with van der Waals surface area (Å²) in [5.74, 6) is 0. The summed E-state index contributed by atoms with van der Waals surface area (Å²) in [5.41, 5.74) is 1.11. The molecule has 2 aromatic heterocycles. The quantitative estimate of drug-likeness (QED) is 0.597. The number of aromatic nitrogens is 3. The molecular weight excluding hydrogens is 312 g/mol. The van der Waals surface area contributed by atoms with Crippen LogP contribution in [0.3, 0.4) is 0 Å². The zero-order valence-corrected chi connectivity index (χ0v) is 10.2. The minimum Gasteiger partial charge on any atom is -0.261 e. The molecule has 0 atom stereocenters. The molecule has 3 rings (SSSR count). The van der Waals surface area contributed by atoms with Gasteiger partial charge in [-0.3, -0.25) is 4.68 Å². The van der Waals surface area contributed by atoms with Crippen LogP contribution in [0.15, 0.2) is 12.3 Å². The predicted molar refractivity (Wildman–Crippen MR) is 63.5 cm³/mol. The summed E-state index contributed by atoms with van der Waals surface area (Å²) in [7, 11) is 0. The van der Waals surface area contributed by atoms with Crippen molar-refractivity contribution in [2.24, 2.45) is 0 Å². The summed E-state index contributed by atoms with van der Waals surface area (Å²) in [6.45, 7) is 0. The van der Waals surface area contributed by atoms with Gasteiger partial charge in [-0.15, -0.1) is 0 Å². The lowest BCUT2D eigenvalue weighted by atomic mass is 10.3. The molecule has 1 aliphatic carbocycles. The van der Waals surface area contributed by atoms with Gasteiger partial charge in [-0.2, -0.15) is 5.10 Å². The van der Waals surface area contributed by atoms with E-state index in [-0.39, 0.29) is 0 Å². The third-order valence-corrected chi connectivity index (χ3v) is 3.47. The molecule has 0 amide bonds. The maximum Gasteiger partial charge on any atom is 0.141 e. The first kappa shape index (κ1) is 8.91. The van der Waals surface area contributed by atoms with Crippen LogP contribution >= 0.6 is 34.2 Å². The Morgan fingerprint density at radius 2 is 2.29 bits per heavy atom. The Hall–Kier alpha value is -0.360. The van der Waals surface area contributed by atoms with E-state index in [1.807, 2.05) is 6.07 Å². The lowest BCUT2D eigenvalue weighted by Gasteiger charge is -1.98. The molecule has 5 heteroatoms. The van der Waals surface area contributed by atoms with E-state index in [1.54, 1.807) is 6.20 Å². The van der Waals surface area contributed by atoms with Gasteiger partial charge in [0.1, 0.15) is 8.85 Å². The Labute approximate surface area is 99.6 Å². The second-order valence-electron chi connectivity index (χ2n) is 3.46. The van der Waals surface area contributed by atoms with Crippen molar-refractivity contribution in [1.82, 2.24) is 14.8 Å². The highest BCUT2D eigenvalue weighted by Crippen LogP contribution is 2.38. The Balaban J connectivity index is 2.37. The van der Waals surface area contributed by atoms with Crippen LogP contribution in [0.25, 0.3) is 10.9 Å². The van der Waals surface area contributed by atoms with Gasteiger partial charge in [0, 0.05) is 6.20 Å². The molecule has 0 spiro atoms. The van der Waals surface area contributed by atoms with Crippen molar-refractivity contribution >= 4 is 45.1 Å². The predicted octanol–water partition coefficient (Wildman–Crippen LogP) is 3.02. The van der Waals surface area contributed by atoms with Gasteiger partial charge in [-0.05, 0) is 41.5 Å². The van der Waals surface area contributed by atoms with Gasteiger partial charge in [-0.1, -0.05) is 11.6 Å². The van der Waals surface area contributed by atoms with Crippen molar-refractivity contribution in [2.45, 2.75) is 18.9 Å². The van der Waals surface area contributed by atoms with Gasteiger partial charge >= 0.3 is 0 Å². The van der Waals surface area contributed by atoms with E-state index in [9.17, 15) is 0 Å². The lowest BCUT2D eigenvalue weighted by Crippen LogP contribution is -1.95. The first-order valence-electron chi connectivity index (χ1n) is 4.45. The van der Waals surface area contributed by atoms with Gasteiger partial charge in [0.15, 0.2) is 0 Å². The van der Waals surface area contributed by atoms with E-state index in [1.165, 1.54) is 12.8 Å². The summed E-state index contributed by atoms with van der Waals surface area (Å²) < 4.78 is 3.02. The molecule has 0 unspecified atom stereocenters. The second-order valence-corrected chi connectivity index (χ2v) is 4.84. The normalized spacial score (nSPS) is 16.4. The zero-order chi connectivity index (χ0) is 9.71. The molecule has 1 saturated carbocycles. The summed E-state index contributed by atoms with van der Waals surface area (Å²) in [5, 5.41) is 6.03. The Morgan fingerprint density at radius 1 is 1.50 bits per heavy atom. The maximum absolute atomic E-state index is 6.03. The number of pyridine rings is 1. The molecule has 0 aromatic carbocycles. The van der Waals surface area contributed by atoms with Gasteiger partial charge in [0.05, 0.1) is 16.9 Å². The molecule has 14 heavy (non-hydrogen) atoms. The van der Waals surface area contributed by atoms with E-state index >= 15 is 0 Å². The topological polar surface area (TPSA) is 30.7 Å². The first-order chi connectivity index (χ1) is 6.77. The van der Waals surface area contributed by atoms with Gasteiger partial charge in [-0.25, -0.2) is 4.98 Å². The van der Waals surface area contributed by atoms with Crippen molar-refractivity contribution in [1.29, 1.82) is 0 Å². The molecular formula is C9H7ClIN3. The van der Waals surface area contributed by atoms with Crippen LogP contribution in [0, 0.1) is 3.70 Å². The Morgan fingerprint density at radius 3 is 3.00 bits per heavy atom. The number of hydrogen-bond acceptors (Lipinski definition) is 2. The summed E-state index contributed by atoms with van der Waals surface area (Å²) in [6, 6.07) is 2.56. The molecule has 0 radical (unpaired) electrons. The summed E-state index contributed by atoms with van der Waals surface area (Å²) in [6.07, 6.45) is 4.20. The van der Waals surface area contributed by atoms with Crippen LogP contribution in [0.5, 0.6) is 0 Å². The standard InChI is InChI=1S/C9H7ClIN3/c10-8-7-6(3-4-12-8)14(5-1-2-5)13-9(7)11/h3-5H,1-2H2. The lowest BCUT2D eigenvalue weighted by molar-refractivity contribution is 0.660. The largest absolute Gasteiger partial charge is 0.261 e. The number of fused-ring (bicyclic) bond motifs is 1. The van der Waals surface area contributed by atoms with E-state index in [0.717, 1.165) is 14.6 Å². The molecule has 1 aliphatic rings. The number of rotatable bonds is 1. The molecule has 0 aliphatic heterocycles. The molecule has 72 valence electrons. The van der Waals surface area contributed by atoms with Crippen LogP contribution in [-0.4, -0.2) is 14.8 Å². The zero-order valence-electron chi connectivity index (χ0n) is 7.24. The van der Waals surface area contributed by atoms with E-state index < -0.39 is 0 Å². The Kier molecular flexibility index (Phi) is 1.95. The van der Waals surface area contributed by atoms with Crippen molar-refractivity contribution < 1.29 is 0 Å².